The highest BCUT2D eigenvalue weighted by molar-refractivity contribution is 7.80. The standard InChI is InChI=1S/C26H19N3O2S/c30-24(15-17-7-2-1-3-8-17)29-26(32)27-19-13-14-23-22(16-19)28-25(31-23)21-12-6-10-18-9-4-5-11-20(18)21/h1-14,16H,15H2,(H2,27,29,30,32). The van der Waals surface area contributed by atoms with Crippen LogP contribution >= 0.6 is 12.2 Å². The van der Waals surface area contributed by atoms with Crippen molar-refractivity contribution in [3.63, 3.8) is 0 Å². The van der Waals surface area contributed by atoms with Gasteiger partial charge >= 0.3 is 0 Å². The van der Waals surface area contributed by atoms with Gasteiger partial charge in [-0.1, -0.05) is 66.7 Å². The van der Waals surface area contributed by atoms with Crippen molar-refractivity contribution in [1.82, 2.24) is 10.3 Å². The van der Waals surface area contributed by atoms with Gasteiger partial charge in [-0.3, -0.25) is 4.79 Å². The first-order valence-corrected chi connectivity index (χ1v) is 10.6. The highest BCUT2D eigenvalue weighted by Crippen LogP contribution is 2.31. The van der Waals surface area contributed by atoms with Crippen LogP contribution in [-0.4, -0.2) is 16.0 Å². The van der Waals surface area contributed by atoms with Crippen molar-refractivity contribution in [2.24, 2.45) is 0 Å². The van der Waals surface area contributed by atoms with Gasteiger partial charge in [-0.25, -0.2) is 4.98 Å². The number of aromatic nitrogens is 1. The van der Waals surface area contributed by atoms with Crippen molar-refractivity contribution >= 4 is 50.8 Å². The Kier molecular flexibility index (Phi) is 5.35. The molecule has 0 atom stereocenters. The number of fused-ring (bicyclic) bond motifs is 2. The number of nitrogens with one attached hydrogen (secondary N) is 2. The smallest absolute Gasteiger partial charge is 0.230 e. The molecule has 1 aromatic heterocycles. The van der Waals surface area contributed by atoms with Crippen LogP contribution in [0, 0.1) is 0 Å². The molecule has 2 N–H and O–H groups in total. The van der Waals surface area contributed by atoms with Crippen molar-refractivity contribution < 1.29 is 9.21 Å². The van der Waals surface area contributed by atoms with E-state index in [1.165, 1.54) is 0 Å². The van der Waals surface area contributed by atoms with E-state index in [0.717, 1.165) is 27.6 Å². The number of thiocarbonyl (C=S) groups is 1. The van der Waals surface area contributed by atoms with Crippen LogP contribution < -0.4 is 10.6 Å². The van der Waals surface area contributed by atoms with Gasteiger partial charge < -0.3 is 15.1 Å². The molecule has 0 aliphatic carbocycles. The van der Waals surface area contributed by atoms with E-state index < -0.39 is 0 Å². The maximum absolute atomic E-state index is 12.2. The van der Waals surface area contributed by atoms with Gasteiger partial charge in [-0.2, -0.15) is 0 Å². The molecule has 5 nitrogen and oxygen atoms in total. The number of anilines is 1. The van der Waals surface area contributed by atoms with E-state index in [-0.39, 0.29) is 17.4 Å². The first-order valence-electron chi connectivity index (χ1n) is 10.2. The molecule has 32 heavy (non-hydrogen) atoms. The summed E-state index contributed by atoms with van der Waals surface area (Å²) in [6, 6.07) is 29.3. The van der Waals surface area contributed by atoms with Crippen LogP contribution in [0.15, 0.2) is 95.4 Å². The Hall–Kier alpha value is -4.03. The fourth-order valence-electron chi connectivity index (χ4n) is 3.65. The summed E-state index contributed by atoms with van der Waals surface area (Å²) in [6.45, 7) is 0. The minimum Gasteiger partial charge on any atom is -0.436 e. The Morgan fingerprint density at radius 1 is 0.906 bits per heavy atom. The van der Waals surface area contributed by atoms with Crippen LogP contribution in [0.4, 0.5) is 5.69 Å². The molecule has 4 aromatic carbocycles. The van der Waals surface area contributed by atoms with Crippen LogP contribution in [-0.2, 0) is 11.2 Å². The molecule has 0 radical (unpaired) electrons. The summed E-state index contributed by atoms with van der Waals surface area (Å²) in [5, 5.41) is 8.22. The molecular weight excluding hydrogens is 418 g/mol. The molecule has 1 amide bonds. The predicted octanol–water partition coefficient (Wildman–Crippen LogP) is 5.70. The number of carbonyl (C=O) groups excluding carboxylic acids is 1. The summed E-state index contributed by atoms with van der Waals surface area (Å²) in [7, 11) is 0. The average Bonchev–Trinajstić information content (AvgIpc) is 3.22. The molecule has 0 fully saturated rings. The molecule has 0 aliphatic rings. The molecule has 0 unspecified atom stereocenters. The summed E-state index contributed by atoms with van der Waals surface area (Å²) < 4.78 is 6.01. The van der Waals surface area contributed by atoms with Crippen LogP contribution in [0.2, 0.25) is 0 Å². The molecule has 156 valence electrons. The summed E-state index contributed by atoms with van der Waals surface area (Å²) in [4.78, 5) is 16.9. The summed E-state index contributed by atoms with van der Waals surface area (Å²) in [5.41, 5.74) is 3.98. The third-order valence-corrected chi connectivity index (χ3v) is 5.33. The summed E-state index contributed by atoms with van der Waals surface area (Å²) in [5.74, 6) is 0.391. The fourth-order valence-corrected chi connectivity index (χ4v) is 3.88. The molecule has 0 bridgehead atoms. The largest absolute Gasteiger partial charge is 0.436 e. The molecule has 0 saturated carbocycles. The molecule has 5 aromatic rings. The highest BCUT2D eigenvalue weighted by atomic mass is 32.1. The number of nitrogens with zero attached hydrogens (tertiary/aromatic N) is 1. The minimum absolute atomic E-state index is 0.172. The van der Waals surface area contributed by atoms with E-state index in [2.05, 4.69) is 33.8 Å². The van der Waals surface area contributed by atoms with Gasteiger partial charge in [0.1, 0.15) is 5.52 Å². The SMILES string of the molecule is O=C(Cc1ccccc1)NC(=S)Nc1ccc2oc(-c3cccc4ccccc34)nc2c1. The van der Waals surface area contributed by atoms with Crippen molar-refractivity contribution in [3.05, 3.63) is 96.6 Å². The average molecular weight is 438 g/mol. The zero-order chi connectivity index (χ0) is 21.9. The number of hydrogen-bond donors (Lipinski definition) is 2. The Labute approximate surface area is 190 Å². The lowest BCUT2D eigenvalue weighted by Gasteiger charge is -2.09. The molecule has 0 saturated heterocycles. The van der Waals surface area contributed by atoms with Crippen LogP contribution in [0.1, 0.15) is 5.56 Å². The minimum atomic E-state index is -0.172. The molecular formula is C26H19N3O2S. The third kappa shape index (κ3) is 4.22. The molecule has 6 heteroatoms. The van der Waals surface area contributed by atoms with E-state index in [9.17, 15) is 4.79 Å². The Bertz CT molecular complexity index is 1440. The Balaban J connectivity index is 1.33. The Morgan fingerprint density at radius 2 is 1.69 bits per heavy atom. The second-order valence-electron chi connectivity index (χ2n) is 7.39. The maximum Gasteiger partial charge on any atom is 0.230 e. The molecule has 1 heterocycles. The molecule has 0 aliphatic heterocycles. The van der Waals surface area contributed by atoms with Crippen molar-refractivity contribution in [2.45, 2.75) is 6.42 Å². The summed E-state index contributed by atoms with van der Waals surface area (Å²) in [6.07, 6.45) is 0.263. The van der Waals surface area contributed by atoms with E-state index in [1.54, 1.807) is 0 Å². The number of amides is 1. The lowest BCUT2D eigenvalue weighted by Crippen LogP contribution is -2.35. The number of benzene rings is 4. The van der Waals surface area contributed by atoms with E-state index in [4.69, 9.17) is 16.6 Å². The van der Waals surface area contributed by atoms with Crippen LogP contribution in [0.25, 0.3) is 33.3 Å². The van der Waals surface area contributed by atoms with Crippen LogP contribution in [0.5, 0.6) is 0 Å². The number of rotatable bonds is 4. The lowest BCUT2D eigenvalue weighted by molar-refractivity contribution is -0.119. The van der Waals surface area contributed by atoms with Gasteiger partial charge in [0, 0.05) is 11.3 Å². The quantitative estimate of drug-likeness (QED) is 0.353. The number of hydrogen-bond acceptors (Lipinski definition) is 4. The first-order chi connectivity index (χ1) is 15.7. The highest BCUT2D eigenvalue weighted by Gasteiger charge is 2.12. The van der Waals surface area contributed by atoms with E-state index in [1.807, 2.05) is 72.8 Å². The van der Waals surface area contributed by atoms with Gasteiger partial charge in [0.25, 0.3) is 0 Å². The molecule has 0 spiro atoms. The van der Waals surface area contributed by atoms with Crippen LogP contribution in [0.3, 0.4) is 0 Å². The second kappa shape index (κ2) is 8.61. The number of carbonyl (C=O) groups is 1. The Morgan fingerprint density at radius 3 is 2.56 bits per heavy atom. The zero-order valence-corrected chi connectivity index (χ0v) is 17.9. The first kappa shape index (κ1) is 19.9. The van der Waals surface area contributed by atoms with Crippen molar-refractivity contribution in [3.8, 4) is 11.5 Å². The lowest BCUT2D eigenvalue weighted by atomic mass is 10.0. The van der Waals surface area contributed by atoms with Gasteiger partial charge in [0.15, 0.2) is 10.7 Å². The van der Waals surface area contributed by atoms with Gasteiger partial charge in [-0.15, -0.1) is 0 Å². The van der Waals surface area contributed by atoms with Gasteiger partial charge in [0.05, 0.1) is 6.42 Å². The maximum atomic E-state index is 12.2. The number of oxazole rings is 1. The van der Waals surface area contributed by atoms with Crippen molar-refractivity contribution in [2.75, 3.05) is 5.32 Å². The van der Waals surface area contributed by atoms with E-state index >= 15 is 0 Å². The normalized spacial score (nSPS) is 10.9. The summed E-state index contributed by atoms with van der Waals surface area (Å²) >= 11 is 5.30. The van der Waals surface area contributed by atoms with Gasteiger partial charge in [0.2, 0.25) is 11.8 Å². The topological polar surface area (TPSA) is 67.2 Å². The zero-order valence-electron chi connectivity index (χ0n) is 17.0. The molecule has 5 rings (SSSR count). The second-order valence-corrected chi connectivity index (χ2v) is 7.80. The van der Waals surface area contributed by atoms with E-state index in [0.29, 0.717) is 17.0 Å². The van der Waals surface area contributed by atoms with Gasteiger partial charge in [-0.05, 0) is 52.8 Å². The predicted molar refractivity (Wildman–Crippen MR) is 131 cm³/mol. The monoisotopic (exact) mass is 437 g/mol. The third-order valence-electron chi connectivity index (χ3n) is 5.13. The van der Waals surface area contributed by atoms with Crippen molar-refractivity contribution in [1.29, 1.82) is 0 Å². The fraction of sp³-hybridized carbons (Fsp3) is 0.0385.